The molecule has 0 bridgehead atoms. The Hall–Kier alpha value is -1.75. The van der Waals surface area contributed by atoms with Crippen LogP contribution in [0, 0.1) is 19.8 Å². The molecule has 5 nitrogen and oxygen atoms in total. The molecule has 1 aliphatic heterocycles. The smallest absolute Gasteiger partial charge is 0.317 e. The maximum atomic E-state index is 12.0. The van der Waals surface area contributed by atoms with E-state index in [4.69, 9.17) is 4.74 Å². The van der Waals surface area contributed by atoms with Crippen LogP contribution >= 0.6 is 0 Å². The highest BCUT2D eigenvalue weighted by Gasteiger charge is 2.26. The number of β-amino-alcohol motifs (C(OH)–C–C–N with tert-alkyl or cyclic N) is 1. The molecule has 1 heterocycles. The molecular weight excluding hydrogens is 280 g/mol. The number of likely N-dealkylation sites (tertiary alicyclic amines) is 1. The van der Waals surface area contributed by atoms with Crippen molar-refractivity contribution >= 4 is 6.03 Å². The van der Waals surface area contributed by atoms with Crippen molar-refractivity contribution in [3.8, 4) is 5.75 Å². The lowest BCUT2D eigenvalue weighted by Crippen LogP contribution is -2.50. The molecule has 2 rings (SSSR count). The van der Waals surface area contributed by atoms with Crippen molar-refractivity contribution in [1.82, 2.24) is 10.2 Å². The van der Waals surface area contributed by atoms with Crippen molar-refractivity contribution in [3.05, 3.63) is 29.3 Å². The van der Waals surface area contributed by atoms with E-state index in [1.54, 1.807) is 4.90 Å². The number of rotatable bonds is 4. The maximum Gasteiger partial charge on any atom is 0.317 e. The van der Waals surface area contributed by atoms with E-state index < -0.39 is 6.10 Å². The van der Waals surface area contributed by atoms with Gasteiger partial charge in [0.1, 0.15) is 12.4 Å². The van der Waals surface area contributed by atoms with Gasteiger partial charge in [-0.25, -0.2) is 4.79 Å². The molecule has 2 atom stereocenters. The Morgan fingerprint density at radius 2 is 2.09 bits per heavy atom. The van der Waals surface area contributed by atoms with Crippen LogP contribution in [-0.2, 0) is 0 Å². The number of para-hydroxylation sites is 1. The molecule has 0 spiro atoms. The third-order valence-electron chi connectivity index (χ3n) is 4.24. The molecule has 1 aromatic rings. The summed E-state index contributed by atoms with van der Waals surface area (Å²) in [5.74, 6) is 1.15. The zero-order valence-corrected chi connectivity index (χ0v) is 13.6. The predicted octanol–water partition coefficient (Wildman–Crippen LogP) is 2.09. The van der Waals surface area contributed by atoms with Crippen molar-refractivity contribution in [2.75, 3.05) is 26.2 Å². The van der Waals surface area contributed by atoms with Crippen LogP contribution in [0.3, 0.4) is 0 Å². The first kappa shape index (κ1) is 16.6. The number of urea groups is 1. The molecule has 122 valence electrons. The van der Waals surface area contributed by atoms with Gasteiger partial charge < -0.3 is 20.1 Å². The minimum atomic E-state index is -0.426. The van der Waals surface area contributed by atoms with E-state index in [9.17, 15) is 9.90 Å². The van der Waals surface area contributed by atoms with Crippen molar-refractivity contribution < 1.29 is 14.6 Å². The molecule has 0 aromatic heterocycles. The van der Waals surface area contributed by atoms with Crippen molar-refractivity contribution in [2.24, 2.45) is 5.92 Å². The Morgan fingerprint density at radius 1 is 1.41 bits per heavy atom. The van der Waals surface area contributed by atoms with Gasteiger partial charge >= 0.3 is 6.03 Å². The zero-order chi connectivity index (χ0) is 16.1. The van der Waals surface area contributed by atoms with E-state index in [0.717, 1.165) is 23.3 Å². The number of aryl methyl sites for hydroxylation is 2. The summed E-state index contributed by atoms with van der Waals surface area (Å²) in [6, 6.07) is 5.90. The van der Waals surface area contributed by atoms with E-state index in [1.165, 1.54) is 0 Å². The van der Waals surface area contributed by atoms with E-state index in [2.05, 4.69) is 5.32 Å². The fourth-order valence-corrected chi connectivity index (χ4v) is 2.68. The van der Waals surface area contributed by atoms with Gasteiger partial charge in [-0.15, -0.1) is 0 Å². The van der Waals surface area contributed by atoms with Crippen LogP contribution in [0.25, 0.3) is 0 Å². The summed E-state index contributed by atoms with van der Waals surface area (Å²) in [6.45, 7) is 8.03. The van der Waals surface area contributed by atoms with Crippen LogP contribution in [0.15, 0.2) is 18.2 Å². The third-order valence-corrected chi connectivity index (χ3v) is 4.24. The first-order chi connectivity index (χ1) is 10.5. The lowest BCUT2D eigenvalue weighted by molar-refractivity contribution is 0.0434. The number of benzene rings is 1. The number of nitrogens with zero attached hydrogens (tertiary/aromatic N) is 1. The average molecular weight is 306 g/mol. The standard InChI is InChI=1S/C17H26N2O3/c1-12-7-9-19(11-15(12)20)17(21)18-8-10-22-16-13(2)5-4-6-14(16)3/h4-6,12,15,20H,7-11H2,1-3H3,(H,18,21). The Kier molecular flexibility index (Phi) is 5.66. The lowest BCUT2D eigenvalue weighted by atomic mass is 9.96. The number of carbonyl (C=O) groups is 1. The van der Waals surface area contributed by atoms with Gasteiger partial charge in [0.2, 0.25) is 0 Å². The van der Waals surface area contributed by atoms with Gasteiger partial charge in [0.25, 0.3) is 0 Å². The molecule has 0 radical (unpaired) electrons. The van der Waals surface area contributed by atoms with Crippen LogP contribution in [-0.4, -0.2) is 48.4 Å². The Bertz CT molecular complexity index is 498. The highest BCUT2D eigenvalue weighted by Crippen LogP contribution is 2.22. The molecule has 1 aromatic carbocycles. The third kappa shape index (κ3) is 4.13. The summed E-state index contributed by atoms with van der Waals surface area (Å²) in [5.41, 5.74) is 2.19. The molecule has 0 aliphatic carbocycles. The van der Waals surface area contributed by atoms with Crippen molar-refractivity contribution in [2.45, 2.75) is 33.3 Å². The zero-order valence-electron chi connectivity index (χ0n) is 13.6. The first-order valence-corrected chi connectivity index (χ1v) is 7.89. The van der Waals surface area contributed by atoms with E-state index in [-0.39, 0.29) is 11.9 Å². The molecule has 0 saturated carbocycles. The van der Waals surface area contributed by atoms with Crippen molar-refractivity contribution in [1.29, 1.82) is 0 Å². The average Bonchev–Trinajstić information content (AvgIpc) is 2.48. The molecule has 1 saturated heterocycles. The second-order valence-electron chi connectivity index (χ2n) is 6.08. The number of aliphatic hydroxyl groups is 1. The van der Waals surface area contributed by atoms with Crippen LogP contribution < -0.4 is 10.1 Å². The molecular formula is C17H26N2O3. The Balaban J connectivity index is 1.74. The number of aliphatic hydroxyl groups excluding tert-OH is 1. The number of nitrogens with one attached hydrogen (secondary N) is 1. The largest absolute Gasteiger partial charge is 0.491 e. The van der Waals surface area contributed by atoms with Crippen LogP contribution in [0.1, 0.15) is 24.5 Å². The normalized spacial score (nSPS) is 21.5. The molecule has 2 unspecified atom stereocenters. The molecule has 5 heteroatoms. The van der Waals surface area contributed by atoms with Gasteiger partial charge in [0, 0.05) is 13.1 Å². The summed E-state index contributed by atoms with van der Waals surface area (Å²) in [6.07, 6.45) is 0.415. The van der Waals surface area contributed by atoms with Crippen molar-refractivity contribution in [3.63, 3.8) is 0 Å². The number of carbonyl (C=O) groups excluding carboxylic acids is 1. The van der Waals surface area contributed by atoms with E-state index in [1.807, 2.05) is 39.0 Å². The second-order valence-corrected chi connectivity index (χ2v) is 6.08. The SMILES string of the molecule is Cc1cccc(C)c1OCCNC(=O)N1CCC(C)C(O)C1. The van der Waals surface area contributed by atoms with Gasteiger partial charge in [-0.1, -0.05) is 25.1 Å². The topological polar surface area (TPSA) is 61.8 Å². The van der Waals surface area contributed by atoms with Crippen LogP contribution in [0.5, 0.6) is 5.75 Å². The quantitative estimate of drug-likeness (QED) is 0.837. The van der Waals surface area contributed by atoms with Crippen LogP contribution in [0.4, 0.5) is 4.79 Å². The van der Waals surface area contributed by atoms with E-state index >= 15 is 0 Å². The summed E-state index contributed by atoms with van der Waals surface area (Å²) in [4.78, 5) is 13.7. The molecule has 1 aliphatic rings. The molecule has 1 fully saturated rings. The summed E-state index contributed by atoms with van der Waals surface area (Å²) in [7, 11) is 0. The van der Waals surface area contributed by atoms with Gasteiger partial charge in [0.15, 0.2) is 0 Å². The first-order valence-electron chi connectivity index (χ1n) is 7.89. The predicted molar refractivity (Wildman–Crippen MR) is 86.2 cm³/mol. The second kappa shape index (κ2) is 7.49. The number of amides is 2. The lowest BCUT2D eigenvalue weighted by Gasteiger charge is -2.34. The van der Waals surface area contributed by atoms with Gasteiger partial charge in [0.05, 0.1) is 12.6 Å². The fraction of sp³-hybridized carbons (Fsp3) is 0.588. The summed E-state index contributed by atoms with van der Waals surface area (Å²) in [5, 5.41) is 12.7. The van der Waals surface area contributed by atoms with E-state index in [0.29, 0.717) is 26.2 Å². The highest BCUT2D eigenvalue weighted by molar-refractivity contribution is 5.74. The minimum absolute atomic E-state index is 0.129. The minimum Gasteiger partial charge on any atom is -0.491 e. The molecule has 2 N–H and O–H groups in total. The van der Waals surface area contributed by atoms with Gasteiger partial charge in [-0.3, -0.25) is 0 Å². The number of hydrogen-bond donors (Lipinski definition) is 2. The number of ether oxygens (including phenoxy) is 1. The van der Waals surface area contributed by atoms with Gasteiger partial charge in [-0.2, -0.15) is 0 Å². The summed E-state index contributed by atoms with van der Waals surface area (Å²) >= 11 is 0. The Morgan fingerprint density at radius 3 is 2.73 bits per heavy atom. The number of piperidine rings is 1. The molecule has 22 heavy (non-hydrogen) atoms. The fourth-order valence-electron chi connectivity index (χ4n) is 2.68. The molecule has 2 amide bonds. The summed E-state index contributed by atoms with van der Waals surface area (Å²) < 4.78 is 5.76. The highest BCUT2D eigenvalue weighted by atomic mass is 16.5. The monoisotopic (exact) mass is 306 g/mol. The van der Waals surface area contributed by atoms with Crippen LogP contribution in [0.2, 0.25) is 0 Å². The number of hydrogen-bond acceptors (Lipinski definition) is 3. The van der Waals surface area contributed by atoms with Gasteiger partial charge in [-0.05, 0) is 37.3 Å². The Labute approximate surface area is 132 Å². The maximum absolute atomic E-state index is 12.0.